The predicted octanol–water partition coefficient (Wildman–Crippen LogP) is 3.81. The third kappa shape index (κ3) is 4.27. The Morgan fingerprint density at radius 1 is 1.21 bits per heavy atom. The third-order valence-electron chi connectivity index (χ3n) is 2.82. The van der Waals surface area contributed by atoms with Crippen LogP contribution in [0, 0.1) is 9.49 Å². The molecule has 0 aliphatic carbocycles. The Bertz CT molecular complexity index is 410. The first-order chi connectivity index (χ1) is 9.04. The summed E-state index contributed by atoms with van der Waals surface area (Å²) in [5.41, 5.74) is 1.09. The number of nitrogens with one attached hydrogen (secondary N) is 1. The zero-order valence-corrected chi connectivity index (χ0v) is 14.6. The molecule has 0 bridgehead atoms. The highest BCUT2D eigenvalue weighted by Gasteiger charge is 2.22. The Labute approximate surface area is 129 Å². The number of rotatable bonds is 7. The second-order valence-corrected chi connectivity index (χ2v) is 5.77. The van der Waals surface area contributed by atoms with Gasteiger partial charge in [-0.25, -0.2) is 9.97 Å². The van der Waals surface area contributed by atoms with E-state index < -0.39 is 0 Å². The van der Waals surface area contributed by atoms with Gasteiger partial charge >= 0.3 is 0 Å². The van der Waals surface area contributed by atoms with Gasteiger partial charge in [0.05, 0.1) is 9.26 Å². The van der Waals surface area contributed by atoms with Gasteiger partial charge in [0.1, 0.15) is 11.9 Å². The number of aromatic nitrogens is 2. The predicted molar refractivity (Wildman–Crippen MR) is 87.5 cm³/mol. The van der Waals surface area contributed by atoms with Gasteiger partial charge in [-0.2, -0.15) is 0 Å². The second kappa shape index (κ2) is 7.99. The van der Waals surface area contributed by atoms with Crippen molar-refractivity contribution in [2.24, 2.45) is 5.92 Å². The molecule has 0 radical (unpaired) electrons. The van der Waals surface area contributed by atoms with E-state index >= 15 is 0 Å². The van der Waals surface area contributed by atoms with Crippen molar-refractivity contribution in [1.82, 2.24) is 9.97 Å². The first kappa shape index (κ1) is 16.6. The third-order valence-corrected chi connectivity index (χ3v) is 3.96. The standard InChI is InChI=1S/C14H24IN3O/c1-6-10-11(15)13(16-7-2)18-14(17-10)12(9(4)5)19-8-3/h9,12H,6-8H2,1-5H3,(H,16,17,18). The van der Waals surface area contributed by atoms with Gasteiger partial charge in [-0.15, -0.1) is 0 Å². The van der Waals surface area contributed by atoms with Gasteiger partial charge < -0.3 is 10.1 Å². The molecule has 0 saturated carbocycles. The molecule has 0 aliphatic heterocycles. The van der Waals surface area contributed by atoms with Crippen molar-refractivity contribution in [2.75, 3.05) is 18.5 Å². The summed E-state index contributed by atoms with van der Waals surface area (Å²) >= 11 is 2.31. The number of aryl methyl sites for hydroxylation is 1. The van der Waals surface area contributed by atoms with Crippen LogP contribution < -0.4 is 5.32 Å². The van der Waals surface area contributed by atoms with Crippen molar-refractivity contribution >= 4 is 28.4 Å². The molecule has 1 heterocycles. The van der Waals surface area contributed by atoms with Crippen LogP contribution in [0.1, 0.15) is 52.2 Å². The molecule has 5 heteroatoms. The summed E-state index contributed by atoms with van der Waals surface area (Å²) in [5.74, 6) is 2.08. The molecule has 0 spiro atoms. The van der Waals surface area contributed by atoms with E-state index in [0.717, 1.165) is 33.9 Å². The molecule has 0 aromatic carbocycles. The topological polar surface area (TPSA) is 47.0 Å². The quantitative estimate of drug-likeness (QED) is 0.735. The largest absolute Gasteiger partial charge is 0.370 e. The summed E-state index contributed by atoms with van der Waals surface area (Å²) in [6.45, 7) is 12.0. The molecule has 0 aliphatic rings. The summed E-state index contributed by atoms with van der Waals surface area (Å²) in [7, 11) is 0. The number of hydrogen-bond acceptors (Lipinski definition) is 4. The van der Waals surface area contributed by atoms with Crippen molar-refractivity contribution in [3.63, 3.8) is 0 Å². The van der Waals surface area contributed by atoms with Crippen LogP contribution in [0.3, 0.4) is 0 Å². The van der Waals surface area contributed by atoms with Gasteiger partial charge in [0, 0.05) is 13.2 Å². The Balaban J connectivity index is 3.21. The molecule has 1 aromatic heterocycles. The highest BCUT2D eigenvalue weighted by Crippen LogP contribution is 2.27. The number of hydrogen-bond donors (Lipinski definition) is 1. The van der Waals surface area contributed by atoms with Gasteiger partial charge in [-0.05, 0) is 48.8 Å². The van der Waals surface area contributed by atoms with Crippen molar-refractivity contribution in [2.45, 2.75) is 47.1 Å². The van der Waals surface area contributed by atoms with Crippen molar-refractivity contribution in [1.29, 1.82) is 0 Å². The Morgan fingerprint density at radius 2 is 1.89 bits per heavy atom. The molecule has 1 rings (SSSR count). The van der Waals surface area contributed by atoms with Gasteiger partial charge in [-0.1, -0.05) is 20.8 Å². The summed E-state index contributed by atoms with van der Waals surface area (Å²) < 4.78 is 6.92. The van der Waals surface area contributed by atoms with Gasteiger partial charge in [-0.3, -0.25) is 0 Å². The van der Waals surface area contributed by atoms with Crippen LogP contribution in [0.15, 0.2) is 0 Å². The van der Waals surface area contributed by atoms with Crippen molar-refractivity contribution in [3.05, 3.63) is 15.1 Å². The molecular formula is C14H24IN3O. The molecule has 1 atom stereocenters. The average Bonchev–Trinajstić information content (AvgIpc) is 2.38. The molecule has 4 nitrogen and oxygen atoms in total. The average molecular weight is 377 g/mol. The maximum Gasteiger partial charge on any atom is 0.160 e. The lowest BCUT2D eigenvalue weighted by molar-refractivity contribution is 0.0231. The van der Waals surface area contributed by atoms with Crippen LogP contribution in [-0.2, 0) is 11.2 Å². The maximum absolute atomic E-state index is 5.81. The first-order valence-electron chi connectivity index (χ1n) is 6.96. The van der Waals surface area contributed by atoms with Crippen LogP contribution in [0.2, 0.25) is 0 Å². The zero-order chi connectivity index (χ0) is 14.4. The van der Waals surface area contributed by atoms with Crippen LogP contribution >= 0.6 is 22.6 Å². The molecule has 1 unspecified atom stereocenters. The Morgan fingerprint density at radius 3 is 2.37 bits per heavy atom. The summed E-state index contributed by atoms with van der Waals surface area (Å²) in [5, 5.41) is 3.31. The number of halogens is 1. The second-order valence-electron chi connectivity index (χ2n) is 4.69. The molecule has 1 N–H and O–H groups in total. The SMILES string of the molecule is CCNc1nc(C(OCC)C(C)C)nc(CC)c1I. The van der Waals surface area contributed by atoms with Gasteiger partial charge in [0.2, 0.25) is 0 Å². The van der Waals surface area contributed by atoms with E-state index in [-0.39, 0.29) is 6.10 Å². The highest BCUT2D eigenvalue weighted by molar-refractivity contribution is 14.1. The van der Waals surface area contributed by atoms with E-state index in [2.05, 4.69) is 60.6 Å². The summed E-state index contributed by atoms with van der Waals surface area (Å²) in [4.78, 5) is 9.35. The van der Waals surface area contributed by atoms with Crippen LogP contribution in [0.25, 0.3) is 0 Å². The fraction of sp³-hybridized carbons (Fsp3) is 0.714. The lowest BCUT2D eigenvalue weighted by Gasteiger charge is -2.21. The monoisotopic (exact) mass is 377 g/mol. The minimum Gasteiger partial charge on any atom is -0.370 e. The maximum atomic E-state index is 5.81. The Hall–Kier alpha value is -0.430. The van der Waals surface area contributed by atoms with Crippen molar-refractivity contribution in [3.8, 4) is 0 Å². The number of nitrogens with zero attached hydrogens (tertiary/aromatic N) is 2. The van der Waals surface area contributed by atoms with Gasteiger partial charge in [0.25, 0.3) is 0 Å². The van der Waals surface area contributed by atoms with Crippen molar-refractivity contribution < 1.29 is 4.74 Å². The molecule has 19 heavy (non-hydrogen) atoms. The fourth-order valence-electron chi connectivity index (χ4n) is 1.90. The molecule has 0 fully saturated rings. The number of anilines is 1. The van der Waals surface area contributed by atoms with Crippen LogP contribution in [0.5, 0.6) is 0 Å². The Kier molecular flexibility index (Phi) is 6.99. The van der Waals surface area contributed by atoms with E-state index in [1.807, 2.05) is 6.92 Å². The summed E-state index contributed by atoms with van der Waals surface area (Å²) in [6.07, 6.45) is 0.869. The number of ether oxygens (including phenoxy) is 1. The van der Waals surface area contributed by atoms with Crippen LogP contribution in [-0.4, -0.2) is 23.1 Å². The molecule has 1 aromatic rings. The first-order valence-corrected chi connectivity index (χ1v) is 8.04. The molecular weight excluding hydrogens is 353 g/mol. The molecule has 0 amide bonds. The van der Waals surface area contributed by atoms with E-state index in [9.17, 15) is 0 Å². The minimum absolute atomic E-state index is 0.0373. The molecule has 0 saturated heterocycles. The highest BCUT2D eigenvalue weighted by atomic mass is 127. The van der Waals surface area contributed by atoms with E-state index in [0.29, 0.717) is 12.5 Å². The van der Waals surface area contributed by atoms with Crippen LogP contribution in [0.4, 0.5) is 5.82 Å². The van der Waals surface area contributed by atoms with E-state index in [4.69, 9.17) is 9.72 Å². The fourth-order valence-corrected chi connectivity index (χ4v) is 2.72. The normalized spacial score (nSPS) is 12.8. The van der Waals surface area contributed by atoms with Gasteiger partial charge in [0.15, 0.2) is 5.82 Å². The van der Waals surface area contributed by atoms with E-state index in [1.54, 1.807) is 0 Å². The zero-order valence-electron chi connectivity index (χ0n) is 12.5. The molecule has 108 valence electrons. The van der Waals surface area contributed by atoms with E-state index in [1.165, 1.54) is 0 Å². The lowest BCUT2D eigenvalue weighted by atomic mass is 10.1. The summed E-state index contributed by atoms with van der Waals surface area (Å²) in [6, 6.07) is 0. The smallest absolute Gasteiger partial charge is 0.160 e. The lowest BCUT2D eigenvalue weighted by Crippen LogP contribution is -2.18. The minimum atomic E-state index is -0.0373.